The number of carbonyl (C=O) groups is 1. The normalized spacial score (nSPS) is 17.1. The predicted molar refractivity (Wildman–Crippen MR) is 220 cm³/mol. The molecular formula is C41H16F66O2S2. The summed E-state index contributed by atoms with van der Waals surface area (Å²) in [4.78, 5) is 11.1. The molecule has 0 aromatic carbocycles. The summed E-state index contributed by atoms with van der Waals surface area (Å²) in [6, 6.07) is 0. The Kier molecular flexibility index (Phi) is 26.5. The topological polar surface area (TPSA) is 37.3 Å². The van der Waals surface area contributed by atoms with E-state index in [1.54, 1.807) is 0 Å². The molecule has 0 aromatic heterocycles. The molecule has 666 valence electrons. The van der Waals surface area contributed by atoms with Crippen molar-refractivity contribution in [2.24, 2.45) is 0 Å². The highest BCUT2D eigenvalue weighted by molar-refractivity contribution is 8.18. The summed E-state index contributed by atoms with van der Waals surface area (Å²) in [5.41, 5.74) is 0. The van der Waals surface area contributed by atoms with Gasteiger partial charge in [-0.25, -0.2) is 0 Å². The van der Waals surface area contributed by atoms with Crippen LogP contribution in [0, 0.1) is 0 Å². The van der Waals surface area contributed by atoms with Gasteiger partial charge < -0.3 is 5.11 Å². The first-order chi connectivity index (χ1) is 46.8. The summed E-state index contributed by atoms with van der Waals surface area (Å²) in [6.45, 7) is -0.264. The molecule has 0 aromatic rings. The molecule has 0 aliphatic rings. The van der Waals surface area contributed by atoms with Crippen molar-refractivity contribution in [2.45, 2.75) is 227 Å². The van der Waals surface area contributed by atoms with Gasteiger partial charge in [0.05, 0.1) is 4.08 Å². The minimum absolute atomic E-state index is 0.264. The van der Waals surface area contributed by atoms with Crippen molar-refractivity contribution in [1.29, 1.82) is 0 Å². The van der Waals surface area contributed by atoms with E-state index in [1.807, 2.05) is 0 Å². The zero-order valence-corrected chi connectivity index (χ0v) is 50.5. The molecule has 2 nitrogen and oxygen atoms in total. The Bertz CT molecular complexity index is 3060. The molecule has 70 heteroatoms. The van der Waals surface area contributed by atoms with Gasteiger partial charge in [-0.3, -0.25) is 4.79 Å². The lowest BCUT2D eigenvalue weighted by Gasteiger charge is -2.47. The number of carboxylic acid groups (broad SMARTS) is 1. The quantitative estimate of drug-likeness (QED) is 0.0492. The molecular weight excluding hydrogens is 1840 g/mol. The van der Waals surface area contributed by atoms with Crippen LogP contribution >= 0.6 is 23.5 Å². The van der Waals surface area contributed by atoms with Crippen LogP contribution in [0.3, 0.4) is 0 Å². The number of carboxylic acids is 1. The maximum absolute atomic E-state index is 14.7. The smallest absolute Gasteiger partial charge is 0.460 e. The fourth-order valence-corrected chi connectivity index (χ4v) is 10.1. The molecule has 0 amide bonds. The first-order valence-corrected chi connectivity index (χ1v) is 26.8. The Balaban J connectivity index is 7.66. The van der Waals surface area contributed by atoms with Crippen molar-refractivity contribution >= 4 is 29.5 Å². The van der Waals surface area contributed by atoms with E-state index in [0.717, 1.165) is 0 Å². The molecule has 0 fully saturated rings. The number of thioether (sulfide) groups is 2. The third-order valence-electron chi connectivity index (χ3n) is 14.3. The van der Waals surface area contributed by atoms with Crippen LogP contribution < -0.4 is 0 Å². The molecule has 0 unspecified atom stereocenters. The predicted octanol–water partition coefficient (Wildman–Crippen LogP) is 24.0. The summed E-state index contributed by atoms with van der Waals surface area (Å²) >= 11 is -2.73. The summed E-state index contributed by atoms with van der Waals surface area (Å²) in [5, 5.41) is 8.80. The SMILES string of the molecule is CC(CCC(=O)O)(SCCC(F)(F)C(F)(F)C(F)(F)C(F)(F)C(F)(F)C(F)(F)C(F)(F)C(F)(F)C(F)(F)C(F)(F)C(F)(F)C(F)(F)C(F)(F)C(F)(F)C(F)(F)C(F)(F)F)SCCC(F)(F)C(F)(F)C(F)(F)C(F)(F)C(F)(F)C(F)(F)C(F)(F)C(F)(F)C(F)(F)C(F)(F)C(F)(F)C(F)(F)C(F)(F)C(F)(F)C(F)(F)C(F)(F)F. The van der Waals surface area contributed by atoms with Crippen molar-refractivity contribution in [1.82, 2.24) is 0 Å². The Labute approximate surface area is 567 Å². The Morgan fingerprint density at radius 3 is 0.405 bits per heavy atom. The van der Waals surface area contributed by atoms with Crippen molar-refractivity contribution in [3.63, 3.8) is 0 Å². The molecule has 0 rings (SSSR count). The molecule has 0 saturated carbocycles. The number of aliphatic carboxylic acids is 1. The molecule has 0 aliphatic carbocycles. The monoisotopic (exact) mass is 1860 g/mol. The maximum atomic E-state index is 14.7. The van der Waals surface area contributed by atoms with Crippen molar-refractivity contribution < 1.29 is 300 Å². The van der Waals surface area contributed by atoms with Gasteiger partial charge in [-0.2, -0.15) is 290 Å². The number of halogens is 66. The number of rotatable bonds is 39. The molecule has 0 atom stereocenters. The van der Waals surface area contributed by atoms with Gasteiger partial charge in [-0.05, 0) is 13.3 Å². The highest BCUT2D eigenvalue weighted by atomic mass is 32.2. The van der Waals surface area contributed by atoms with Crippen molar-refractivity contribution in [3.8, 4) is 0 Å². The molecule has 0 heterocycles. The summed E-state index contributed by atoms with van der Waals surface area (Å²) in [5.74, 6) is -308. The number of hydrogen-bond acceptors (Lipinski definition) is 3. The van der Waals surface area contributed by atoms with Crippen LogP contribution in [0.2, 0.25) is 0 Å². The van der Waals surface area contributed by atoms with Gasteiger partial charge in [0.2, 0.25) is 0 Å². The van der Waals surface area contributed by atoms with Crippen molar-refractivity contribution in [2.75, 3.05) is 11.5 Å². The summed E-state index contributed by atoms with van der Waals surface area (Å²) in [7, 11) is 0. The van der Waals surface area contributed by atoms with Crippen LogP contribution in [0.4, 0.5) is 290 Å². The molecule has 0 aliphatic heterocycles. The third kappa shape index (κ3) is 13.7. The van der Waals surface area contributed by atoms with Gasteiger partial charge in [0.15, 0.2) is 0 Å². The lowest BCUT2D eigenvalue weighted by Crippen LogP contribution is -2.80. The van der Waals surface area contributed by atoms with Crippen molar-refractivity contribution in [3.05, 3.63) is 0 Å². The first-order valence-electron chi connectivity index (χ1n) is 24.8. The molecule has 0 bridgehead atoms. The highest BCUT2D eigenvalue weighted by Gasteiger charge is 3.05. The fraction of sp³-hybridized carbons (Fsp3) is 0.976. The fourth-order valence-electron chi connectivity index (χ4n) is 7.17. The van der Waals surface area contributed by atoms with E-state index in [1.165, 1.54) is 0 Å². The van der Waals surface area contributed by atoms with Gasteiger partial charge in [-0.1, -0.05) is 0 Å². The van der Waals surface area contributed by atoms with Crippen LogP contribution in [-0.2, 0) is 4.79 Å². The maximum Gasteiger partial charge on any atom is 0.460 e. The largest absolute Gasteiger partial charge is 0.481 e. The van der Waals surface area contributed by atoms with E-state index in [-0.39, 0.29) is 6.92 Å². The average molecular weight is 1860 g/mol. The minimum atomic E-state index is -10.6. The number of alkyl halides is 66. The van der Waals surface area contributed by atoms with Crippen LogP contribution in [0.15, 0.2) is 0 Å². The standard InChI is InChI=1S/C41H16F66O2S2/c1-9(3-2-8(108)109,110-6-4-10(42,43)12(46,47)14(50,51)16(54,55)18(58,59)20(62,63)22(66,67)24(70,71)26(74,75)28(78,79)30(82,83)32(86,87)34(90,91)36(94,95)38(98,99)40(102,103)104)111-7-5-11(44,45)13(48,49)15(52,53)17(56,57)19(60,61)21(64,65)23(68,69)25(72,73)27(76,77)29(80,81)31(84,85)33(88,89)35(92,93)37(96,97)39(100,101)41(105,106)107/h2-7H2,1H3,(H,108,109). The Hall–Kier alpha value is -4.45. The van der Waals surface area contributed by atoms with E-state index in [9.17, 15) is 295 Å². The third-order valence-corrected chi connectivity index (χ3v) is 17.5. The molecule has 0 saturated heterocycles. The van der Waals surface area contributed by atoms with E-state index < -0.39 is 261 Å². The second kappa shape index (κ2) is 27.6. The van der Waals surface area contributed by atoms with Crippen LogP contribution in [0.5, 0.6) is 0 Å². The lowest BCUT2D eigenvalue weighted by atomic mass is 9.82. The van der Waals surface area contributed by atoms with Gasteiger partial charge in [-0.15, -0.1) is 23.5 Å². The second-order valence-electron chi connectivity index (χ2n) is 21.7. The van der Waals surface area contributed by atoms with Gasteiger partial charge in [0.1, 0.15) is 0 Å². The Morgan fingerprint density at radius 1 is 0.189 bits per heavy atom. The zero-order chi connectivity index (χ0) is 91.7. The lowest BCUT2D eigenvalue weighted by molar-refractivity contribution is -0.491. The molecule has 1 N–H and O–H groups in total. The zero-order valence-electron chi connectivity index (χ0n) is 48.9. The van der Waals surface area contributed by atoms with Gasteiger partial charge in [0, 0.05) is 30.8 Å². The van der Waals surface area contributed by atoms with Crippen LogP contribution in [0.1, 0.15) is 32.6 Å². The van der Waals surface area contributed by atoms with Crippen LogP contribution in [0.25, 0.3) is 0 Å². The van der Waals surface area contributed by atoms with E-state index in [0.29, 0.717) is 0 Å². The van der Waals surface area contributed by atoms with Gasteiger partial charge >= 0.3 is 196 Å². The average Bonchev–Trinajstić information content (AvgIpc) is 0.681. The summed E-state index contributed by atoms with van der Waals surface area (Å²) < 4.78 is 919. The second-order valence-corrected chi connectivity index (χ2v) is 25.2. The van der Waals surface area contributed by atoms with Gasteiger partial charge in [0.25, 0.3) is 0 Å². The Morgan fingerprint density at radius 2 is 0.297 bits per heavy atom. The highest BCUT2D eigenvalue weighted by Crippen LogP contribution is 2.74. The molecule has 0 radical (unpaired) electrons. The summed E-state index contributed by atoms with van der Waals surface area (Å²) in [6.07, 6.45) is -29.3. The van der Waals surface area contributed by atoms with E-state index >= 15 is 0 Å². The molecule has 111 heavy (non-hydrogen) atoms. The number of hydrogen-bond donors (Lipinski definition) is 1. The first kappa shape index (κ1) is 107. The molecule has 0 spiro atoms. The van der Waals surface area contributed by atoms with E-state index in [4.69, 9.17) is 5.11 Å². The minimum Gasteiger partial charge on any atom is -0.481 e. The van der Waals surface area contributed by atoms with E-state index in [2.05, 4.69) is 0 Å². The van der Waals surface area contributed by atoms with Crippen LogP contribution in [-0.4, -0.2) is 217 Å².